The molecule has 0 unspecified atom stereocenters. The van der Waals surface area contributed by atoms with Crippen LogP contribution in [0, 0.1) is 12.7 Å². The molecule has 2 N–H and O–H groups in total. The summed E-state index contributed by atoms with van der Waals surface area (Å²) in [6.45, 7) is 1.63. The molecule has 2 rings (SSSR count). The maximum absolute atomic E-state index is 13.4. The van der Waals surface area contributed by atoms with Gasteiger partial charge < -0.3 is 14.8 Å². The van der Waals surface area contributed by atoms with Crippen LogP contribution in [0.1, 0.15) is 16.1 Å². The third-order valence-corrected chi connectivity index (χ3v) is 2.47. The van der Waals surface area contributed by atoms with Crippen molar-refractivity contribution in [2.24, 2.45) is 0 Å². The van der Waals surface area contributed by atoms with Crippen molar-refractivity contribution in [2.75, 3.05) is 7.11 Å². The number of carbonyl (C=O) groups is 1. The number of aryl methyl sites for hydroxylation is 1. The smallest absolute Gasteiger partial charge is 0.338 e. The van der Waals surface area contributed by atoms with Gasteiger partial charge in [-0.3, -0.25) is 0 Å². The number of hydrogen-bond donors (Lipinski definition) is 2. The summed E-state index contributed by atoms with van der Waals surface area (Å²) >= 11 is 0. The number of nitrogens with one attached hydrogen (secondary N) is 1. The minimum Gasteiger partial charge on any atom is -0.494 e. The highest BCUT2D eigenvalue weighted by atomic mass is 19.1. The van der Waals surface area contributed by atoms with Gasteiger partial charge in [0, 0.05) is 17.1 Å². The molecular weight excluding hydrogens is 213 g/mol. The van der Waals surface area contributed by atoms with E-state index in [-0.39, 0.29) is 11.3 Å². The Labute approximate surface area is 90.7 Å². The zero-order valence-corrected chi connectivity index (χ0v) is 8.80. The van der Waals surface area contributed by atoms with E-state index in [9.17, 15) is 9.18 Å². The van der Waals surface area contributed by atoms with Crippen LogP contribution in [0.4, 0.5) is 4.39 Å². The molecule has 4 nitrogen and oxygen atoms in total. The van der Waals surface area contributed by atoms with Crippen LogP contribution in [-0.2, 0) is 0 Å². The van der Waals surface area contributed by atoms with E-state index in [0.717, 1.165) is 0 Å². The molecule has 2 aromatic rings. The molecule has 1 heterocycles. The highest BCUT2D eigenvalue weighted by Gasteiger charge is 2.17. The maximum atomic E-state index is 13.4. The first-order chi connectivity index (χ1) is 7.54. The minimum atomic E-state index is -1.08. The predicted octanol–water partition coefficient (Wildman–Crippen LogP) is 2.32. The fraction of sp³-hybridized carbons (Fsp3) is 0.182. The van der Waals surface area contributed by atoms with Crippen LogP contribution in [0.5, 0.6) is 5.75 Å². The third kappa shape index (κ3) is 1.41. The molecule has 0 saturated carbocycles. The standard InChI is InChI=1S/C11H10FNO3/c1-5-10(11(14)15)6-3-7(12)9(16-2)4-8(6)13-5/h3-4,13H,1-2H3,(H,14,15). The van der Waals surface area contributed by atoms with Crippen LogP contribution in [0.2, 0.25) is 0 Å². The van der Waals surface area contributed by atoms with Crippen molar-refractivity contribution in [2.45, 2.75) is 6.92 Å². The van der Waals surface area contributed by atoms with Crippen molar-refractivity contribution < 1.29 is 19.0 Å². The number of methoxy groups -OCH3 is 1. The molecule has 0 aliphatic carbocycles. The number of H-pyrrole nitrogens is 1. The lowest BCUT2D eigenvalue weighted by Gasteiger charge is -2.01. The number of halogens is 1. The summed E-state index contributed by atoms with van der Waals surface area (Å²) in [7, 11) is 1.36. The number of fused-ring (bicyclic) bond motifs is 1. The Balaban J connectivity index is 2.81. The zero-order chi connectivity index (χ0) is 11.9. The Bertz CT molecular complexity index is 574. The molecule has 16 heavy (non-hydrogen) atoms. The first kappa shape index (κ1) is 10.5. The fourth-order valence-electron chi connectivity index (χ4n) is 1.76. The minimum absolute atomic E-state index is 0.0886. The van der Waals surface area contributed by atoms with Crippen LogP contribution >= 0.6 is 0 Å². The molecule has 0 aliphatic rings. The predicted molar refractivity (Wildman–Crippen MR) is 56.5 cm³/mol. The maximum Gasteiger partial charge on any atom is 0.338 e. The number of aromatic carboxylic acids is 1. The van der Waals surface area contributed by atoms with Crippen LogP contribution in [-0.4, -0.2) is 23.2 Å². The van der Waals surface area contributed by atoms with Gasteiger partial charge in [0.25, 0.3) is 0 Å². The largest absolute Gasteiger partial charge is 0.494 e. The Morgan fingerprint density at radius 1 is 1.50 bits per heavy atom. The van der Waals surface area contributed by atoms with Crippen LogP contribution in [0.15, 0.2) is 12.1 Å². The highest BCUT2D eigenvalue weighted by Crippen LogP contribution is 2.28. The van der Waals surface area contributed by atoms with Gasteiger partial charge in [-0.1, -0.05) is 0 Å². The molecule has 0 amide bonds. The molecule has 0 bridgehead atoms. The quantitative estimate of drug-likeness (QED) is 0.821. The number of ether oxygens (including phenoxy) is 1. The van der Waals surface area contributed by atoms with E-state index in [1.807, 2.05) is 0 Å². The van der Waals surface area contributed by atoms with Crippen molar-refractivity contribution in [3.05, 3.63) is 29.2 Å². The number of carboxylic acid groups (broad SMARTS) is 1. The molecule has 0 spiro atoms. The Hall–Kier alpha value is -2.04. The summed E-state index contributed by atoms with van der Waals surface area (Å²) in [4.78, 5) is 13.9. The van der Waals surface area contributed by atoms with Gasteiger partial charge in [-0.2, -0.15) is 0 Å². The topological polar surface area (TPSA) is 62.3 Å². The first-order valence-electron chi connectivity index (χ1n) is 4.63. The second kappa shape index (κ2) is 3.52. The van der Waals surface area contributed by atoms with Gasteiger partial charge in [-0.15, -0.1) is 0 Å². The highest BCUT2D eigenvalue weighted by molar-refractivity contribution is 6.05. The lowest BCUT2D eigenvalue weighted by Crippen LogP contribution is -1.97. The molecule has 84 valence electrons. The third-order valence-electron chi connectivity index (χ3n) is 2.47. The number of carboxylic acids is 1. The molecule has 0 aliphatic heterocycles. The van der Waals surface area contributed by atoms with Crippen LogP contribution < -0.4 is 4.74 Å². The number of rotatable bonds is 2. The van der Waals surface area contributed by atoms with E-state index in [2.05, 4.69) is 4.98 Å². The van der Waals surface area contributed by atoms with Crippen molar-refractivity contribution in [1.82, 2.24) is 4.98 Å². The van der Waals surface area contributed by atoms with Gasteiger partial charge in [0.1, 0.15) is 0 Å². The summed E-state index contributed by atoms with van der Waals surface area (Å²) in [5.74, 6) is -1.56. The molecule has 1 aromatic carbocycles. The Morgan fingerprint density at radius 2 is 2.19 bits per heavy atom. The van der Waals surface area contributed by atoms with Gasteiger partial charge >= 0.3 is 5.97 Å². The van der Waals surface area contributed by atoms with Gasteiger partial charge in [0.2, 0.25) is 0 Å². The van der Waals surface area contributed by atoms with Crippen LogP contribution in [0.25, 0.3) is 10.9 Å². The summed E-state index contributed by atoms with van der Waals surface area (Å²) in [5.41, 5.74) is 1.14. The molecule has 0 atom stereocenters. The lowest BCUT2D eigenvalue weighted by atomic mass is 10.1. The molecule has 0 radical (unpaired) electrons. The second-order valence-corrected chi connectivity index (χ2v) is 3.46. The van der Waals surface area contributed by atoms with Crippen molar-refractivity contribution in [3.8, 4) is 5.75 Å². The molecule has 0 fully saturated rings. The average molecular weight is 223 g/mol. The summed E-state index contributed by atoms with van der Waals surface area (Å²) in [6, 6.07) is 2.62. The van der Waals surface area contributed by atoms with Gasteiger partial charge in [-0.05, 0) is 13.0 Å². The SMILES string of the molecule is COc1cc2[nH]c(C)c(C(=O)O)c2cc1F. The first-order valence-corrected chi connectivity index (χ1v) is 4.63. The van der Waals surface area contributed by atoms with E-state index in [0.29, 0.717) is 16.6 Å². The number of aromatic nitrogens is 1. The Morgan fingerprint density at radius 3 is 2.75 bits per heavy atom. The molecule has 5 heteroatoms. The van der Waals surface area contributed by atoms with E-state index in [1.54, 1.807) is 6.92 Å². The summed E-state index contributed by atoms with van der Waals surface area (Å²) in [5, 5.41) is 9.35. The zero-order valence-electron chi connectivity index (χ0n) is 8.80. The fourth-order valence-corrected chi connectivity index (χ4v) is 1.76. The van der Waals surface area contributed by atoms with Gasteiger partial charge in [0.05, 0.1) is 18.2 Å². The van der Waals surface area contributed by atoms with E-state index in [4.69, 9.17) is 9.84 Å². The average Bonchev–Trinajstić information content (AvgIpc) is 2.51. The van der Waals surface area contributed by atoms with E-state index in [1.165, 1.54) is 19.2 Å². The monoisotopic (exact) mass is 223 g/mol. The molecule has 1 aromatic heterocycles. The van der Waals surface area contributed by atoms with E-state index < -0.39 is 11.8 Å². The summed E-state index contributed by atoms with van der Waals surface area (Å²) < 4.78 is 18.3. The van der Waals surface area contributed by atoms with Gasteiger partial charge in [0.15, 0.2) is 11.6 Å². The normalized spacial score (nSPS) is 10.7. The molecular formula is C11H10FNO3. The van der Waals surface area contributed by atoms with Crippen molar-refractivity contribution in [1.29, 1.82) is 0 Å². The van der Waals surface area contributed by atoms with E-state index >= 15 is 0 Å². The van der Waals surface area contributed by atoms with Crippen LogP contribution in [0.3, 0.4) is 0 Å². The molecule has 0 saturated heterocycles. The van der Waals surface area contributed by atoms with Crippen molar-refractivity contribution in [3.63, 3.8) is 0 Å². The number of hydrogen-bond acceptors (Lipinski definition) is 2. The lowest BCUT2D eigenvalue weighted by molar-refractivity contribution is 0.0698. The van der Waals surface area contributed by atoms with Crippen molar-refractivity contribution >= 4 is 16.9 Å². The van der Waals surface area contributed by atoms with Gasteiger partial charge in [-0.25, -0.2) is 9.18 Å². The number of aromatic amines is 1. The second-order valence-electron chi connectivity index (χ2n) is 3.46. The summed E-state index contributed by atoms with van der Waals surface area (Å²) in [6.07, 6.45) is 0. The number of benzene rings is 1. The Kier molecular flexibility index (Phi) is 2.30.